The number of nitrogens with zero attached hydrogens (tertiary/aromatic N) is 5. The molecular formula is C15H10FN9O2. The van der Waals surface area contributed by atoms with Crippen molar-refractivity contribution in [1.29, 1.82) is 10.5 Å². The minimum Gasteiger partial charge on any atom is -0.397 e. The van der Waals surface area contributed by atoms with E-state index >= 15 is 0 Å². The number of nitro groups is 1. The summed E-state index contributed by atoms with van der Waals surface area (Å²) in [5.74, 6) is -1.08. The number of nitrogens with two attached hydrogens (primary N) is 2. The first-order valence-corrected chi connectivity index (χ1v) is 7.30. The lowest BCUT2D eigenvalue weighted by atomic mass is 9.95. The minimum atomic E-state index is -1.06. The number of benzene rings is 1. The fraction of sp³-hybridized carbons (Fsp3) is 0.0667. The zero-order chi connectivity index (χ0) is 19.7. The number of aromatic nitrogens is 1. The summed E-state index contributed by atoms with van der Waals surface area (Å²) in [5.41, 5.74) is 11.4. The van der Waals surface area contributed by atoms with Crippen LogP contribution in [0.1, 0.15) is 22.7 Å². The largest absolute Gasteiger partial charge is 0.397 e. The van der Waals surface area contributed by atoms with Crippen LogP contribution < -0.4 is 22.1 Å². The maximum atomic E-state index is 14.1. The molecule has 12 heteroatoms. The average molecular weight is 367 g/mol. The van der Waals surface area contributed by atoms with Crippen molar-refractivity contribution in [1.82, 2.24) is 10.3 Å². The molecule has 3 rings (SSSR count). The lowest BCUT2D eigenvalue weighted by molar-refractivity contribution is -0.387. The van der Waals surface area contributed by atoms with E-state index in [1.54, 1.807) is 6.19 Å². The molecule has 0 saturated heterocycles. The molecule has 134 valence electrons. The topological polar surface area (TPSA) is 192 Å². The Hall–Kier alpha value is -4.45. The molecule has 0 bridgehead atoms. The van der Waals surface area contributed by atoms with Crippen LogP contribution in [0.2, 0.25) is 0 Å². The van der Waals surface area contributed by atoms with Gasteiger partial charge in [0.05, 0.1) is 10.6 Å². The first-order valence-electron chi connectivity index (χ1n) is 7.30. The lowest BCUT2D eigenvalue weighted by Gasteiger charge is -2.26. The van der Waals surface area contributed by atoms with Gasteiger partial charge in [-0.1, -0.05) is 0 Å². The van der Waals surface area contributed by atoms with Crippen LogP contribution in [0.15, 0.2) is 23.2 Å². The number of halogens is 1. The van der Waals surface area contributed by atoms with E-state index in [2.05, 4.69) is 20.6 Å². The van der Waals surface area contributed by atoms with E-state index in [1.807, 2.05) is 6.07 Å². The Morgan fingerprint density at radius 2 is 2.11 bits per heavy atom. The van der Waals surface area contributed by atoms with Crippen molar-refractivity contribution in [3.05, 3.63) is 50.8 Å². The van der Waals surface area contributed by atoms with Crippen LogP contribution in [0.3, 0.4) is 0 Å². The Balaban J connectivity index is 2.23. The van der Waals surface area contributed by atoms with Crippen molar-refractivity contribution >= 4 is 29.0 Å². The number of hydrogen-bond donors (Lipinski definition) is 4. The average Bonchev–Trinajstić information content (AvgIpc) is 2.61. The molecule has 0 aliphatic carbocycles. The van der Waals surface area contributed by atoms with Crippen molar-refractivity contribution < 1.29 is 9.31 Å². The Morgan fingerprint density at radius 1 is 1.37 bits per heavy atom. The maximum Gasteiger partial charge on any atom is 0.304 e. The highest BCUT2D eigenvalue weighted by atomic mass is 19.1. The Bertz CT molecular complexity index is 1080. The monoisotopic (exact) mass is 367 g/mol. The van der Waals surface area contributed by atoms with Crippen molar-refractivity contribution in [2.75, 3.05) is 16.8 Å². The molecule has 1 aromatic heterocycles. The number of nitro benzene ring substituents is 1. The van der Waals surface area contributed by atoms with Crippen molar-refractivity contribution in [2.45, 2.75) is 6.04 Å². The Labute approximate surface area is 150 Å². The summed E-state index contributed by atoms with van der Waals surface area (Å²) >= 11 is 0. The zero-order valence-electron chi connectivity index (χ0n) is 13.4. The third-order valence-corrected chi connectivity index (χ3v) is 3.84. The molecule has 0 fully saturated rings. The van der Waals surface area contributed by atoms with Gasteiger partial charge in [-0.3, -0.25) is 15.4 Å². The second-order valence-electron chi connectivity index (χ2n) is 5.37. The molecule has 11 nitrogen and oxygen atoms in total. The normalized spacial score (nSPS) is 14.8. The Kier molecular flexibility index (Phi) is 4.15. The van der Waals surface area contributed by atoms with Gasteiger partial charge in [0.2, 0.25) is 11.8 Å². The number of nitrogen functional groups attached to an aromatic ring is 2. The summed E-state index contributed by atoms with van der Waals surface area (Å²) in [6, 6.07) is 4.09. The summed E-state index contributed by atoms with van der Waals surface area (Å²) in [7, 11) is 0. The molecule has 2 aromatic rings. The van der Waals surface area contributed by atoms with E-state index in [4.69, 9.17) is 16.7 Å². The smallest absolute Gasteiger partial charge is 0.304 e. The molecule has 1 unspecified atom stereocenters. The van der Waals surface area contributed by atoms with Crippen LogP contribution in [0.5, 0.6) is 0 Å². The predicted molar refractivity (Wildman–Crippen MR) is 92.5 cm³/mol. The van der Waals surface area contributed by atoms with E-state index in [-0.39, 0.29) is 40.0 Å². The lowest BCUT2D eigenvalue weighted by Crippen LogP contribution is -2.32. The number of fused-ring (bicyclic) bond motifs is 1. The molecule has 0 saturated carbocycles. The van der Waals surface area contributed by atoms with Gasteiger partial charge in [0.15, 0.2) is 6.19 Å². The standard InChI is InChI=1S/C15H10FN9O2/c16-8-3-6(1-2-9(8)25(26)27)12-10-11(19)7(4-17)13(20)23-14(10)24-15(22-12)21-5-18/h1-3,12H,(H6,19,20,21,22,23,24). The number of hydrogen-bond acceptors (Lipinski definition) is 10. The molecule has 1 aliphatic rings. The molecule has 6 N–H and O–H groups in total. The molecule has 1 atom stereocenters. The van der Waals surface area contributed by atoms with E-state index in [0.717, 1.165) is 12.1 Å². The van der Waals surface area contributed by atoms with Gasteiger partial charge in [0.1, 0.15) is 29.3 Å². The van der Waals surface area contributed by atoms with Gasteiger partial charge < -0.3 is 16.8 Å². The quantitative estimate of drug-likeness (QED) is 0.260. The number of nitriles is 2. The predicted octanol–water partition coefficient (Wildman–Crippen LogP) is 1.11. The highest BCUT2D eigenvalue weighted by Gasteiger charge is 2.30. The number of rotatable bonds is 2. The van der Waals surface area contributed by atoms with Gasteiger partial charge in [-0.05, 0) is 17.7 Å². The molecular weight excluding hydrogens is 357 g/mol. The maximum absolute atomic E-state index is 14.1. The second-order valence-corrected chi connectivity index (χ2v) is 5.37. The van der Waals surface area contributed by atoms with Crippen molar-refractivity contribution in [2.24, 2.45) is 4.99 Å². The van der Waals surface area contributed by atoms with Gasteiger partial charge in [-0.15, -0.1) is 0 Å². The first kappa shape index (κ1) is 17.4. The molecule has 1 aromatic carbocycles. The summed E-state index contributed by atoms with van der Waals surface area (Å²) in [6.45, 7) is 0. The summed E-state index contributed by atoms with van der Waals surface area (Å²) < 4.78 is 14.1. The SMILES string of the molecule is N#CNC1=NC(c2ccc([N+](=O)[O-])c(F)c2)c2c(nc(N)c(C#N)c2N)N1. The number of guanidine groups is 1. The van der Waals surface area contributed by atoms with Crippen LogP contribution in [0.25, 0.3) is 0 Å². The Morgan fingerprint density at radius 3 is 2.70 bits per heavy atom. The van der Waals surface area contributed by atoms with E-state index in [1.165, 1.54) is 6.07 Å². The molecule has 0 radical (unpaired) electrons. The van der Waals surface area contributed by atoms with E-state index in [0.29, 0.717) is 0 Å². The molecule has 1 aliphatic heterocycles. The van der Waals surface area contributed by atoms with Gasteiger partial charge >= 0.3 is 5.69 Å². The third kappa shape index (κ3) is 2.87. The van der Waals surface area contributed by atoms with Crippen LogP contribution >= 0.6 is 0 Å². The fourth-order valence-corrected chi connectivity index (χ4v) is 2.66. The van der Waals surface area contributed by atoms with E-state index in [9.17, 15) is 19.8 Å². The molecule has 0 spiro atoms. The number of anilines is 3. The van der Waals surface area contributed by atoms with Crippen LogP contribution in [0.4, 0.5) is 27.4 Å². The van der Waals surface area contributed by atoms with Gasteiger partial charge in [0, 0.05) is 11.6 Å². The number of nitrogens with one attached hydrogen (secondary N) is 2. The fourth-order valence-electron chi connectivity index (χ4n) is 2.66. The summed E-state index contributed by atoms with van der Waals surface area (Å²) in [4.78, 5) is 18.3. The van der Waals surface area contributed by atoms with Crippen molar-refractivity contribution in [3.8, 4) is 12.3 Å². The highest BCUT2D eigenvalue weighted by Crippen LogP contribution is 2.41. The molecule has 27 heavy (non-hydrogen) atoms. The molecule has 2 heterocycles. The van der Waals surface area contributed by atoms with Crippen LogP contribution in [-0.4, -0.2) is 15.9 Å². The van der Waals surface area contributed by atoms with Gasteiger partial charge in [0.25, 0.3) is 0 Å². The van der Waals surface area contributed by atoms with Gasteiger partial charge in [-0.25, -0.2) is 9.98 Å². The summed E-state index contributed by atoms with van der Waals surface area (Å²) in [5, 5.41) is 33.9. The van der Waals surface area contributed by atoms with Crippen LogP contribution in [-0.2, 0) is 0 Å². The second kappa shape index (κ2) is 6.45. The van der Waals surface area contributed by atoms with Gasteiger partial charge in [-0.2, -0.15) is 14.9 Å². The number of aliphatic imine (C=N–C) groups is 1. The van der Waals surface area contributed by atoms with E-state index < -0.39 is 22.5 Å². The minimum absolute atomic E-state index is 0.00947. The number of pyridine rings is 1. The van der Waals surface area contributed by atoms with Crippen molar-refractivity contribution in [3.63, 3.8) is 0 Å². The third-order valence-electron chi connectivity index (χ3n) is 3.84. The highest BCUT2D eigenvalue weighted by molar-refractivity contribution is 5.98. The first-order chi connectivity index (χ1) is 12.9. The summed E-state index contributed by atoms with van der Waals surface area (Å²) in [6.07, 6.45) is 1.68. The zero-order valence-corrected chi connectivity index (χ0v) is 13.4. The van der Waals surface area contributed by atoms with Crippen LogP contribution in [0, 0.1) is 38.7 Å². The molecule has 0 amide bonds.